The van der Waals surface area contributed by atoms with E-state index < -0.39 is 0 Å². The number of hydrogen-bond acceptors (Lipinski definition) is 3. The van der Waals surface area contributed by atoms with E-state index in [1.807, 2.05) is 7.11 Å². The van der Waals surface area contributed by atoms with Gasteiger partial charge in [0.1, 0.15) is 0 Å². The molecule has 5 atom stereocenters. The predicted molar refractivity (Wildman–Crippen MR) is 135 cm³/mol. The molecule has 0 aromatic carbocycles. The number of rotatable bonds is 18. The van der Waals surface area contributed by atoms with Crippen molar-refractivity contribution in [2.45, 2.75) is 144 Å². The number of nitrogens with one attached hydrogen (secondary N) is 1. The van der Waals surface area contributed by atoms with Crippen LogP contribution in [0.25, 0.3) is 0 Å². The first-order valence-corrected chi connectivity index (χ1v) is 13.2. The minimum absolute atomic E-state index is 0.0367. The van der Waals surface area contributed by atoms with Gasteiger partial charge in [0.25, 0.3) is 0 Å². The van der Waals surface area contributed by atoms with Crippen LogP contribution in [0.1, 0.15) is 120 Å². The van der Waals surface area contributed by atoms with Crippen molar-refractivity contribution in [1.82, 2.24) is 10.2 Å². The van der Waals surface area contributed by atoms with Crippen molar-refractivity contribution in [3.63, 3.8) is 0 Å². The largest absolute Gasteiger partial charge is 0.381 e. The molecule has 182 valence electrons. The van der Waals surface area contributed by atoms with Gasteiger partial charge in [-0.1, -0.05) is 80.1 Å². The van der Waals surface area contributed by atoms with E-state index >= 15 is 0 Å². The molecule has 0 amide bonds. The minimum atomic E-state index is 0.0367. The lowest BCUT2D eigenvalue weighted by Gasteiger charge is -2.54. The fourth-order valence-corrected chi connectivity index (χ4v) is 6.16. The van der Waals surface area contributed by atoms with E-state index in [0.717, 1.165) is 18.8 Å². The van der Waals surface area contributed by atoms with E-state index in [1.165, 1.54) is 44.9 Å². The van der Waals surface area contributed by atoms with Crippen LogP contribution in [0.4, 0.5) is 0 Å². The Morgan fingerprint density at radius 3 is 1.87 bits per heavy atom. The summed E-state index contributed by atoms with van der Waals surface area (Å²) in [6.07, 6.45) is 11.5. The highest BCUT2D eigenvalue weighted by Gasteiger charge is 2.44. The molecule has 0 spiro atoms. The molecule has 3 nitrogen and oxygen atoms in total. The van der Waals surface area contributed by atoms with Crippen LogP contribution in [0.3, 0.4) is 0 Å². The third kappa shape index (κ3) is 8.10. The molecule has 0 heterocycles. The number of methoxy groups -OCH3 is 1. The van der Waals surface area contributed by atoms with E-state index in [0.29, 0.717) is 30.0 Å². The van der Waals surface area contributed by atoms with Gasteiger partial charge >= 0.3 is 0 Å². The Balaban J connectivity index is 5.83. The summed E-state index contributed by atoms with van der Waals surface area (Å²) in [5.41, 5.74) is 0.0367. The summed E-state index contributed by atoms with van der Waals surface area (Å²) < 4.78 is 6.02. The van der Waals surface area contributed by atoms with Crippen molar-refractivity contribution < 1.29 is 4.74 Å². The van der Waals surface area contributed by atoms with Crippen molar-refractivity contribution >= 4 is 0 Å². The van der Waals surface area contributed by atoms with Crippen molar-refractivity contribution in [2.24, 2.45) is 17.8 Å². The van der Waals surface area contributed by atoms with Crippen LogP contribution in [0.15, 0.2) is 0 Å². The summed E-state index contributed by atoms with van der Waals surface area (Å²) in [7, 11) is 4.10. The van der Waals surface area contributed by atoms with E-state index in [4.69, 9.17) is 4.74 Å². The van der Waals surface area contributed by atoms with E-state index in [-0.39, 0.29) is 5.66 Å². The molecule has 30 heavy (non-hydrogen) atoms. The third-order valence-electron chi connectivity index (χ3n) is 7.82. The molecule has 0 bridgehead atoms. The number of ether oxygens (including phenoxy) is 1. The van der Waals surface area contributed by atoms with Crippen molar-refractivity contribution in [2.75, 3.05) is 14.2 Å². The first-order chi connectivity index (χ1) is 14.2. The second-order valence-corrected chi connectivity index (χ2v) is 10.1. The van der Waals surface area contributed by atoms with Crippen molar-refractivity contribution in [3.8, 4) is 0 Å². The monoisotopic (exact) mass is 426 g/mol. The average molecular weight is 427 g/mol. The van der Waals surface area contributed by atoms with Crippen LogP contribution in [0, 0.1) is 17.8 Å². The van der Waals surface area contributed by atoms with Gasteiger partial charge in [0.15, 0.2) is 0 Å². The molecule has 0 aromatic rings. The molecule has 1 N–H and O–H groups in total. The number of hydrogen-bond donors (Lipinski definition) is 1. The van der Waals surface area contributed by atoms with Gasteiger partial charge < -0.3 is 10.1 Å². The van der Waals surface area contributed by atoms with Crippen LogP contribution < -0.4 is 5.32 Å². The quantitative estimate of drug-likeness (QED) is 0.230. The van der Waals surface area contributed by atoms with Gasteiger partial charge in [0.05, 0.1) is 11.8 Å². The summed E-state index contributed by atoms with van der Waals surface area (Å²) in [5.74, 6) is 2.08. The van der Waals surface area contributed by atoms with E-state index in [9.17, 15) is 0 Å². The second kappa shape index (κ2) is 15.6. The fraction of sp³-hybridized carbons (Fsp3) is 1.00. The third-order valence-corrected chi connectivity index (χ3v) is 7.82. The molecule has 0 aliphatic heterocycles. The lowest BCUT2D eigenvalue weighted by Crippen LogP contribution is -2.66. The smallest absolute Gasteiger partial charge is 0.0740 e. The van der Waals surface area contributed by atoms with Gasteiger partial charge in [-0.25, -0.2) is 0 Å². The first kappa shape index (κ1) is 29.9. The molecule has 0 rings (SSSR count). The molecular formula is C27H58N2O. The number of unbranched alkanes of at least 4 members (excludes halogenated alkanes) is 1. The molecule has 0 aliphatic carbocycles. The van der Waals surface area contributed by atoms with Crippen molar-refractivity contribution in [1.29, 1.82) is 0 Å². The Bertz CT molecular complexity index is 404. The Labute approximate surface area is 191 Å². The summed E-state index contributed by atoms with van der Waals surface area (Å²) >= 11 is 0. The molecule has 5 unspecified atom stereocenters. The van der Waals surface area contributed by atoms with Gasteiger partial charge in [-0.15, -0.1) is 0 Å². The minimum Gasteiger partial charge on any atom is -0.381 e. The lowest BCUT2D eigenvalue weighted by molar-refractivity contribution is -0.0734. The Hall–Kier alpha value is -0.120. The van der Waals surface area contributed by atoms with Crippen LogP contribution in [0.2, 0.25) is 0 Å². The zero-order chi connectivity index (χ0) is 23.3. The van der Waals surface area contributed by atoms with Crippen molar-refractivity contribution in [3.05, 3.63) is 0 Å². The maximum Gasteiger partial charge on any atom is 0.0740 e. The van der Waals surface area contributed by atoms with Crippen LogP contribution in [0.5, 0.6) is 0 Å². The first-order valence-electron chi connectivity index (χ1n) is 13.2. The van der Waals surface area contributed by atoms with Gasteiger partial charge in [0, 0.05) is 19.2 Å². The Morgan fingerprint density at radius 2 is 1.50 bits per heavy atom. The molecule has 0 fully saturated rings. The molecule has 0 saturated heterocycles. The average Bonchev–Trinajstić information content (AvgIpc) is 2.73. The summed E-state index contributed by atoms with van der Waals surface area (Å²) in [4.78, 5) is 2.81. The predicted octanol–water partition coefficient (Wildman–Crippen LogP) is 7.49. The van der Waals surface area contributed by atoms with Gasteiger partial charge in [-0.2, -0.15) is 0 Å². The van der Waals surface area contributed by atoms with Gasteiger partial charge in [-0.3, -0.25) is 4.90 Å². The maximum atomic E-state index is 6.02. The standard InChI is InChI=1S/C27H58N2O/c1-12-17-18-22(8)19-25(15-4)27(16-5,28-10)29(21(6)7)23(9)20-26(30-11)24(13-2)14-3/h21-26,28H,12-20H2,1-11H3. The lowest BCUT2D eigenvalue weighted by atomic mass is 9.77. The topological polar surface area (TPSA) is 24.5 Å². The molecule has 0 aromatic heterocycles. The summed E-state index contributed by atoms with van der Waals surface area (Å²) in [5, 5.41) is 3.87. The van der Waals surface area contributed by atoms with Gasteiger partial charge in [0.2, 0.25) is 0 Å². The molecule has 0 aliphatic rings. The highest BCUT2D eigenvalue weighted by molar-refractivity contribution is 4.97. The Kier molecular flexibility index (Phi) is 15.6. The zero-order valence-electron chi connectivity index (χ0n) is 22.7. The maximum absolute atomic E-state index is 6.02. The zero-order valence-corrected chi connectivity index (χ0v) is 22.7. The summed E-state index contributed by atoms with van der Waals surface area (Å²) in [6.45, 7) is 21.3. The normalized spacial score (nSPS) is 18.6. The number of nitrogens with zero attached hydrogens (tertiary/aromatic N) is 1. The van der Waals surface area contributed by atoms with Crippen LogP contribution >= 0.6 is 0 Å². The molecule has 0 saturated carbocycles. The van der Waals surface area contributed by atoms with Crippen LogP contribution in [-0.4, -0.2) is 42.9 Å². The van der Waals surface area contributed by atoms with E-state index in [1.54, 1.807) is 0 Å². The second-order valence-electron chi connectivity index (χ2n) is 10.1. The van der Waals surface area contributed by atoms with Crippen LogP contribution in [-0.2, 0) is 4.74 Å². The molecule has 3 heteroatoms. The highest BCUT2D eigenvalue weighted by Crippen LogP contribution is 2.38. The van der Waals surface area contributed by atoms with E-state index in [2.05, 4.69) is 79.6 Å². The molecule has 0 radical (unpaired) electrons. The SMILES string of the molecule is CCCCC(C)CC(CC)C(CC)(NC)N(C(C)C)C(C)CC(OC)C(CC)CC. The fourth-order valence-electron chi connectivity index (χ4n) is 6.16. The molecular weight excluding hydrogens is 368 g/mol. The van der Waals surface area contributed by atoms with Gasteiger partial charge in [-0.05, 0) is 64.8 Å². The summed E-state index contributed by atoms with van der Waals surface area (Å²) in [6, 6.07) is 0.967. The Morgan fingerprint density at radius 1 is 0.900 bits per heavy atom. The highest BCUT2D eigenvalue weighted by atomic mass is 16.5.